The third-order valence-corrected chi connectivity index (χ3v) is 17.4. The van der Waals surface area contributed by atoms with Crippen LogP contribution in [0, 0.1) is 11.6 Å². The predicted molar refractivity (Wildman–Crippen MR) is 383 cm³/mol. The molecule has 0 radical (unpaired) electrons. The van der Waals surface area contributed by atoms with Gasteiger partial charge in [0.25, 0.3) is 0 Å². The van der Waals surface area contributed by atoms with Gasteiger partial charge in [0.05, 0.1) is 36.5 Å². The quantitative estimate of drug-likeness (QED) is 0.100. The van der Waals surface area contributed by atoms with Gasteiger partial charge in [0.15, 0.2) is 0 Å². The van der Waals surface area contributed by atoms with Gasteiger partial charge >= 0.3 is 0 Å². The lowest BCUT2D eigenvalue weighted by Gasteiger charge is -2.32. The first kappa shape index (κ1) is 45.3. The number of hydrogen-bond donors (Lipinski definition) is 0. The third kappa shape index (κ3) is 10.1. The van der Waals surface area contributed by atoms with Crippen molar-refractivity contribution >= 4 is 66.4 Å². The molecule has 0 amide bonds. The highest BCUT2D eigenvalue weighted by molar-refractivity contribution is 6.28. The van der Waals surface area contributed by atoms with E-state index in [2.05, 4.69) is 0 Å². The topological polar surface area (TPSA) is 6.48 Å². The molecule has 4 heteroatoms. The molecule has 92 heavy (non-hydrogen) atoms. The Hall–Kier alpha value is -12.0. The van der Waals surface area contributed by atoms with Gasteiger partial charge in [0.2, 0.25) is 0 Å². The highest BCUT2D eigenvalue weighted by atomic mass is 19.1. The van der Waals surface area contributed by atoms with Gasteiger partial charge < -0.3 is 9.80 Å². The van der Waals surface area contributed by atoms with E-state index < -0.39 is 72.1 Å². The molecule has 0 unspecified atom stereocenters. The van der Waals surface area contributed by atoms with Crippen molar-refractivity contribution in [3.8, 4) is 89.0 Å². The van der Waals surface area contributed by atoms with Crippen molar-refractivity contribution in [2.24, 2.45) is 0 Å². The Morgan fingerprint density at radius 1 is 0.239 bits per heavy atom. The highest BCUT2D eigenvalue weighted by Crippen LogP contribution is 2.54. The van der Waals surface area contributed by atoms with Crippen LogP contribution in [0.4, 0.5) is 42.9 Å². The third-order valence-electron chi connectivity index (χ3n) is 17.4. The summed E-state index contributed by atoms with van der Waals surface area (Å²) < 4.78 is 131. The number of anilines is 6. The zero-order chi connectivity index (χ0) is 70.2. The van der Waals surface area contributed by atoms with Crippen molar-refractivity contribution in [2.75, 3.05) is 9.80 Å². The maximum atomic E-state index is 18.5. The number of nitrogens with zero attached hydrogens (tertiary/aromatic N) is 2. The van der Waals surface area contributed by atoms with Crippen LogP contribution in [-0.2, 0) is 0 Å². The van der Waals surface area contributed by atoms with E-state index in [9.17, 15) is 11.0 Å². The van der Waals surface area contributed by atoms with E-state index in [4.69, 9.17) is 2.74 Å². The maximum absolute atomic E-state index is 18.5. The summed E-state index contributed by atoms with van der Waals surface area (Å²) in [7, 11) is 0. The van der Waals surface area contributed by atoms with Crippen LogP contribution in [0.3, 0.4) is 0 Å². The smallest absolute Gasteiger partial charge is 0.147 e. The van der Waals surface area contributed by atoms with Gasteiger partial charge in [-0.15, -0.1) is 0 Å². The number of rotatable bonds is 14. The summed E-state index contributed by atoms with van der Waals surface area (Å²) >= 11 is 0. The molecule has 2 nitrogen and oxygen atoms in total. The number of halogens is 2. The Labute approximate surface area is 548 Å². The molecular weight excluding hydrogens is 1120 g/mol. The summed E-state index contributed by atoms with van der Waals surface area (Å²) in [5, 5.41) is 3.42. The van der Waals surface area contributed by atoms with Crippen LogP contribution >= 0.6 is 0 Å². The highest BCUT2D eigenvalue weighted by Gasteiger charge is 2.30. The first-order valence-electron chi connectivity index (χ1n) is 35.4. The van der Waals surface area contributed by atoms with E-state index in [1.807, 2.05) is 255 Å². The van der Waals surface area contributed by atoms with Crippen molar-refractivity contribution < 1.29 is 22.5 Å². The van der Waals surface area contributed by atoms with Gasteiger partial charge in [-0.3, -0.25) is 0 Å². The molecule has 0 N–H and O–H groups in total. The number of para-hydroxylation sites is 2. The first-order valence-corrected chi connectivity index (χ1v) is 30.4. The summed E-state index contributed by atoms with van der Waals surface area (Å²) in [4.78, 5) is 2.90. The largest absolute Gasteiger partial charge is 0.307 e. The normalized spacial score (nSPS) is 12.9. The van der Waals surface area contributed by atoms with Crippen molar-refractivity contribution in [3.05, 3.63) is 363 Å². The zero-order valence-electron chi connectivity index (χ0n) is 59.4. The van der Waals surface area contributed by atoms with Gasteiger partial charge in [-0.2, -0.15) is 0 Å². The van der Waals surface area contributed by atoms with E-state index in [1.54, 1.807) is 24.3 Å². The standard InChI is InChI=1S/C88H58F2N2/c89-79-55-53-75(67-39-31-63(32-40-67)59-19-7-1-8-20-59)85(71-43-35-65(36-44-71)61-23-11-3-12-24-61)87(79)91(73-27-15-5-16-28-73)81-57-49-69-48-52-78-82(58-50-70-47-51-77(81)83(69)84(70)78)92(74-29-17-6-18-30-74)88-80(90)56-54-76(68-41-33-64(34-42-68)60-21-9-2-10-22-60)86(88)72-45-37-66(38-46-72)62-25-13-4-14-26-62/h1-58H/i5D,6D,15D,16D,17D,18D,27D,28D,29D,30D. The van der Waals surface area contributed by atoms with Gasteiger partial charge in [-0.05, 0) is 148 Å². The van der Waals surface area contributed by atoms with Crippen LogP contribution in [0.5, 0.6) is 0 Å². The molecule has 0 bridgehead atoms. The number of benzene rings is 16. The Balaban J connectivity index is 0.976. The molecule has 16 rings (SSSR count). The molecule has 0 aliphatic carbocycles. The summed E-state index contributed by atoms with van der Waals surface area (Å²) in [5.41, 5.74) is 11.6. The lowest BCUT2D eigenvalue weighted by atomic mass is 9.88. The van der Waals surface area contributed by atoms with Crippen LogP contribution in [0.25, 0.3) is 121 Å². The Bertz CT molecular complexity index is 5500. The van der Waals surface area contributed by atoms with Gasteiger partial charge in [0.1, 0.15) is 11.6 Å². The summed E-state index contributed by atoms with van der Waals surface area (Å²) in [5.74, 6) is -1.53. The minimum Gasteiger partial charge on any atom is -0.307 e. The molecule has 0 saturated heterocycles. The summed E-state index contributed by atoms with van der Waals surface area (Å²) in [6, 6.07) is 85.3. The molecule has 0 atom stereocenters. The summed E-state index contributed by atoms with van der Waals surface area (Å²) in [6.45, 7) is 0. The molecule has 0 heterocycles. The lowest BCUT2D eigenvalue weighted by molar-refractivity contribution is 0.629. The molecular formula is C88H58F2N2. The lowest BCUT2D eigenvalue weighted by Crippen LogP contribution is -2.15. The minimum atomic E-state index is -0.766. The molecule has 16 aromatic carbocycles. The molecule has 0 aliphatic rings. The molecule has 434 valence electrons. The van der Waals surface area contributed by atoms with E-state index in [0.717, 1.165) is 44.5 Å². The van der Waals surface area contributed by atoms with Crippen molar-refractivity contribution in [2.45, 2.75) is 0 Å². The van der Waals surface area contributed by atoms with Crippen LogP contribution < -0.4 is 9.80 Å². The van der Waals surface area contributed by atoms with Crippen molar-refractivity contribution in [1.82, 2.24) is 0 Å². The van der Waals surface area contributed by atoms with Gasteiger partial charge in [-0.1, -0.05) is 303 Å². The SMILES string of the molecule is [2H]c1c([2H])c([2H])c(N(c2c(F)ccc(-c3ccc(-c4ccccc4)cc3)c2-c2ccc(-c3ccccc3)cc2)c2ccc3ccc4c(N(c5c([2H])c([2H])c([2H])c([2H])c5[2H])c5c(F)ccc(-c6ccc(-c7ccccc7)cc6)c5-c5ccc(-c6ccccc6)cc5)ccc5ccc2c3c54)c([2H])c1[2H]. The Morgan fingerprint density at radius 2 is 0.511 bits per heavy atom. The molecule has 0 aliphatic heterocycles. The van der Waals surface area contributed by atoms with Crippen LogP contribution in [-0.4, -0.2) is 0 Å². The fraction of sp³-hybridized carbons (Fsp3) is 0. The Morgan fingerprint density at radius 3 is 0.826 bits per heavy atom. The molecule has 0 spiro atoms. The molecule has 0 fully saturated rings. The Kier molecular flexibility index (Phi) is 11.7. The average molecular weight is 1190 g/mol. The van der Waals surface area contributed by atoms with Gasteiger partial charge in [-0.25, -0.2) is 8.78 Å². The average Bonchev–Trinajstić information content (AvgIpc) is 0.789. The van der Waals surface area contributed by atoms with Crippen molar-refractivity contribution in [3.63, 3.8) is 0 Å². The minimum absolute atomic E-state index is 0.108. The second-order valence-corrected chi connectivity index (χ2v) is 22.6. The van der Waals surface area contributed by atoms with Crippen LogP contribution in [0.2, 0.25) is 0 Å². The van der Waals surface area contributed by atoms with Crippen LogP contribution in [0.1, 0.15) is 13.7 Å². The fourth-order valence-corrected chi connectivity index (χ4v) is 13.1. The van der Waals surface area contributed by atoms with Crippen molar-refractivity contribution in [1.29, 1.82) is 0 Å². The van der Waals surface area contributed by atoms with E-state index in [1.165, 1.54) is 21.9 Å². The van der Waals surface area contributed by atoms with Crippen LogP contribution in [0.15, 0.2) is 352 Å². The van der Waals surface area contributed by atoms with Gasteiger partial charge in [0, 0.05) is 33.3 Å². The molecule has 0 saturated carbocycles. The predicted octanol–water partition coefficient (Wildman–Crippen LogP) is 25.1. The first-order chi connectivity index (χ1) is 49.6. The van der Waals surface area contributed by atoms with E-state index >= 15 is 8.78 Å². The fourth-order valence-electron chi connectivity index (χ4n) is 13.1. The zero-order valence-corrected chi connectivity index (χ0v) is 49.4. The summed E-state index contributed by atoms with van der Waals surface area (Å²) in [6.07, 6.45) is 0. The molecule has 0 aromatic heterocycles. The van der Waals surface area contributed by atoms with E-state index in [0.29, 0.717) is 76.8 Å². The monoisotopic (exact) mass is 1190 g/mol. The molecule has 16 aromatic rings. The second kappa shape index (κ2) is 23.8. The second-order valence-electron chi connectivity index (χ2n) is 22.6. The maximum Gasteiger partial charge on any atom is 0.147 e. The number of hydrogen-bond acceptors (Lipinski definition) is 2. The van der Waals surface area contributed by atoms with E-state index in [-0.39, 0.29) is 34.1 Å².